The highest BCUT2D eigenvalue weighted by Crippen LogP contribution is 1.81. The topological polar surface area (TPSA) is 102 Å². The first-order valence-corrected chi connectivity index (χ1v) is 1.59. The number of hydrogen-bond acceptors (Lipinski definition) is 6. The molecule has 0 fully saturated rings. The number of carbonyl (C=O) groups is 1. The highest BCUT2D eigenvalue weighted by Gasteiger charge is 2.06. The van der Waals surface area contributed by atoms with Gasteiger partial charge in [0, 0.05) is 0 Å². The molecule has 0 unspecified atom stereocenters. The van der Waals surface area contributed by atoms with Gasteiger partial charge in [0.1, 0.15) is 0 Å². The van der Waals surface area contributed by atoms with Crippen LogP contribution in [0.25, 0.3) is 0 Å². The zero-order valence-corrected chi connectivity index (χ0v) is 3.94. The van der Waals surface area contributed by atoms with Gasteiger partial charge in [-0.2, -0.15) is 4.84 Å². The molecule has 48 valence electrons. The minimum atomic E-state index is -1.65. The summed E-state index contributed by atoms with van der Waals surface area (Å²) >= 11 is 0. The van der Waals surface area contributed by atoms with Crippen molar-refractivity contribution in [2.24, 2.45) is 0 Å². The van der Waals surface area contributed by atoms with Gasteiger partial charge in [0.2, 0.25) is 0 Å². The zero-order chi connectivity index (χ0) is 7.28. The van der Waals surface area contributed by atoms with Crippen LogP contribution in [0.4, 0.5) is 4.79 Å². The summed E-state index contributed by atoms with van der Waals surface area (Å²) in [6.07, 6.45) is -0.757. The number of carbonyl (C=O) groups excluding carboxylic acids is 1. The van der Waals surface area contributed by atoms with E-state index in [1.165, 1.54) is 0 Å². The van der Waals surface area contributed by atoms with E-state index in [0.29, 0.717) is 0 Å². The van der Waals surface area contributed by atoms with Gasteiger partial charge in [-0.1, -0.05) is 0 Å². The Balaban J connectivity index is 3.54. The lowest BCUT2D eigenvalue weighted by Crippen LogP contribution is -2.09. The molecule has 7 nitrogen and oxygen atoms in total. The van der Waals surface area contributed by atoms with Crippen LogP contribution < -0.4 is 0 Å². The molecule has 0 aromatic carbocycles. The van der Waals surface area contributed by atoms with Crippen molar-refractivity contribution in [2.45, 2.75) is 0 Å². The van der Waals surface area contributed by atoms with Gasteiger partial charge < -0.3 is 4.74 Å². The quantitative estimate of drug-likeness (QED) is 0.212. The molecular weight excluding hydrogens is 132 g/mol. The first-order valence-electron chi connectivity index (χ1n) is 1.59. The molecule has 0 bridgehead atoms. The summed E-state index contributed by atoms with van der Waals surface area (Å²) in [7, 11) is 0. The highest BCUT2D eigenvalue weighted by molar-refractivity contribution is 5.59. The van der Waals surface area contributed by atoms with Gasteiger partial charge in [0.15, 0.2) is 0 Å². The molecule has 0 saturated carbocycles. The van der Waals surface area contributed by atoms with Crippen molar-refractivity contribution < 1.29 is 19.5 Å². The minimum absolute atomic E-state index is 0.894. The summed E-state index contributed by atoms with van der Waals surface area (Å²) < 4.78 is 3.36. The summed E-state index contributed by atoms with van der Waals surface area (Å²) in [5.41, 5.74) is 0. The Kier molecular flexibility index (Phi) is 2.55. The fourth-order valence-electron chi connectivity index (χ4n) is 0.117. The zero-order valence-electron chi connectivity index (χ0n) is 3.94. The van der Waals surface area contributed by atoms with E-state index in [9.17, 15) is 14.9 Å². The number of nitrogens with zero attached hydrogens (tertiary/aromatic N) is 2. The Morgan fingerprint density at radius 3 is 2.67 bits per heavy atom. The molecule has 0 heterocycles. The van der Waals surface area contributed by atoms with Crippen LogP contribution in [-0.2, 0) is 9.57 Å². The van der Waals surface area contributed by atoms with Crippen molar-refractivity contribution in [1.82, 2.24) is 0 Å². The predicted octanol–water partition coefficient (Wildman–Crippen LogP) is -0.188. The predicted molar refractivity (Wildman–Crippen MR) is 20.2 cm³/mol. The average Bonchev–Trinajstić information content (AvgIpc) is 1.63. The summed E-state index contributed by atoms with van der Waals surface area (Å²) in [4.78, 5) is 22.1. The molecule has 0 aromatic rings. The van der Waals surface area contributed by atoms with Gasteiger partial charge >= 0.3 is 11.2 Å². The third-order valence-corrected chi connectivity index (χ3v) is 0.278. The average molecular weight is 132 g/mol. The molecule has 0 aromatic heterocycles. The standard InChI is InChI=1S/C2N2O5/c3-1-8-2(5)9-4(6)7. The maximum absolute atomic E-state index is 9.74. The molecule has 0 aliphatic rings. The van der Waals surface area contributed by atoms with Gasteiger partial charge in [-0.05, 0) is 0 Å². The molecule has 0 aliphatic carbocycles. The van der Waals surface area contributed by atoms with E-state index < -0.39 is 11.2 Å². The largest absolute Gasteiger partial charge is 0.501 e. The molecule has 0 spiro atoms. The molecule has 0 aliphatic heterocycles. The second-order valence-corrected chi connectivity index (χ2v) is 0.758. The Morgan fingerprint density at radius 2 is 2.33 bits per heavy atom. The number of hydrogen-bond donors (Lipinski definition) is 0. The summed E-state index contributed by atoms with van der Waals surface area (Å²) in [5.74, 6) is 0. The van der Waals surface area contributed by atoms with Gasteiger partial charge in [-0.15, -0.1) is 15.4 Å². The first kappa shape index (κ1) is 7.16. The molecule has 9 heavy (non-hydrogen) atoms. The monoisotopic (exact) mass is 132 g/mol. The Bertz CT molecular complexity index is 168. The van der Waals surface area contributed by atoms with Gasteiger partial charge in [0.05, 0.1) is 0 Å². The number of rotatable bonds is 1. The third-order valence-electron chi connectivity index (χ3n) is 0.278. The molecule has 7 heteroatoms. The van der Waals surface area contributed by atoms with Gasteiger partial charge in [-0.3, -0.25) is 0 Å². The Hall–Kier alpha value is -1.84. The lowest BCUT2D eigenvalue weighted by atomic mass is 11.3. The Labute approximate surface area is 48.5 Å². The van der Waals surface area contributed by atoms with Crippen LogP contribution in [0.15, 0.2) is 0 Å². The van der Waals surface area contributed by atoms with Crippen molar-refractivity contribution in [3.8, 4) is 6.26 Å². The van der Waals surface area contributed by atoms with E-state index in [1.54, 1.807) is 0 Å². The van der Waals surface area contributed by atoms with Crippen LogP contribution in [0, 0.1) is 21.6 Å². The van der Waals surface area contributed by atoms with Gasteiger partial charge in [-0.25, -0.2) is 4.79 Å². The number of nitriles is 1. The molecule has 0 amide bonds. The Morgan fingerprint density at radius 1 is 1.78 bits per heavy atom. The van der Waals surface area contributed by atoms with Crippen molar-refractivity contribution in [3.63, 3.8) is 0 Å². The first-order chi connectivity index (χ1) is 4.16. The molecule has 0 atom stereocenters. The fourth-order valence-corrected chi connectivity index (χ4v) is 0.117. The summed E-state index contributed by atoms with van der Waals surface area (Å²) in [5, 5.41) is 15.4. The molecule has 0 radical (unpaired) electrons. The van der Waals surface area contributed by atoms with E-state index >= 15 is 0 Å². The smallest absolute Gasteiger partial charge is 0.330 e. The molecule has 0 N–H and O–H groups in total. The van der Waals surface area contributed by atoms with E-state index in [4.69, 9.17) is 5.26 Å². The third kappa shape index (κ3) is 4.00. The lowest BCUT2D eigenvalue weighted by molar-refractivity contribution is -0.730. The SMILES string of the molecule is N#COC(=O)O[N+](=O)[O-]. The van der Waals surface area contributed by atoms with E-state index in [1.807, 2.05) is 0 Å². The van der Waals surface area contributed by atoms with Crippen LogP contribution in [0.1, 0.15) is 0 Å². The van der Waals surface area contributed by atoms with Crippen LogP contribution in [-0.4, -0.2) is 11.2 Å². The van der Waals surface area contributed by atoms with Crippen LogP contribution in [0.2, 0.25) is 0 Å². The summed E-state index contributed by atoms with van der Waals surface area (Å²) in [6, 6.07) is 0. The number of ether oxygens (including phenoxy) is 1. The lowest BCUT2D eigenvalue weighted by Gasteiger charge is -1.86. The second kappa shape index (κ2) is 3.20. The van der Waals surface area contributed by atoms with Crippen LogP contribution in [0.3, 0.4) is 0 Å². The van der Waals surface area contributed by atoms with Gasteiger partial charge in [0.25, 0.3) is 6.26 Å². The van der Waals surface area contributed by atoms with E-state index in [0.717, 1.165) is 6.26 Å². The van der Waals surface area contributed by atoms with E-state index in [-0.39, 0.29) is 0 Å². The second-order valence-electron chi connectivity index (χ2n) is 0.758. The molecule has 0 rings (SSSR count). The van der Waals surface area contributed by atoms with Crippen molar-refractivity contribution in [2.75, 3.05) is 0 Å². The maximum Gasteiger partial charge on any atom is 0.501 e. The van der Waals surface area contributed by atoms with Crippen molar-refractivity contribution in [3.05, 3.63) is 10.1 Å². The van der Waals surface area contributed by atoms with E-state index in [2.05, 4.69) is 9.57 Å². The van der Waals surface area contributed by atoms with Crippen molar-refractivity contribution in [1.29, 1.82) is 5.26 Å². The molecular formula is C2N2O5. The fraction of sp³-hybridized carbons (Fsp3) is 0. The summed E-state index contributed by atoms with van der Waals surface area (Å²) in [6.45, 7) is 0. The normalized spacial score (nSPS) is 7.00. The van der Waals surface area contributed by atoms with Crippen LogP contribution >= 0.6 is 0 Å². The highest BCUT2D eigenvalue weighted by atomic mass is 17.0. The maximum atomic E-state index is 9.74. The van der Waals surface area contributed by atoms with Crippen LogP contribution in [0.5, 0.6) is 0 Å². The van der Waals surface area contributed by atoms with Crippen molar-refractivity contribution >= 4 is 6.16 Å². The minimum Gasteiger partial charge on any atom is -0.330 e. The molecule has 0 saturated heterocycles.